The molecule has 1 N–H and O–H groups in total. The Hall–Kier alpha value is -1.50. The minimum Gasteiger partial charge on any atom is -0.491 e. The Balaban J connectivity index is 0.00000161. The average molecular weight is 397 g/mol. The molecule has 0 aromatic heterocycles. The molecule has 0 radical (unpaired) electrons. The number of hydrogen-bond donors (Lipinski definition) is 1. The molecular weight excluding hydrogens is 377 g/mol. The molecule has 1 aliphatic heterocycles. The molecule has 4 nitrogen and oxygen atoms in total. The maximum Gasteiger partial charge on any atom is 0.193 e. The maximum absolute atomic E-state index is 5.88. The van der Waals surface area contributed by atoms with Gasteiger partial charge in [0.05, 0.1) is 13.1 Å². The normalized spacial score (nSPS) is 13.8. The fourth-order valence-electron chi connectivity index (χ4n) is 2.37. The van der Waals surface area contributed by atoms with Gasteiger partial charge in [-0.1, -0.05) is 36.4 Å². The Morgan fingerprint density at radius 3 is 2.81 bits per heavy atom. The van der Waals surface area contributed by atoms with E-state index in [1.807, 2.05) is 31.3 Å². The van der Waals surface area contributed by atoms with Gasteiger partial charge in [-0.25, -0.2) is 0 Å². The van der Waals surface area contributed by atoms with E-state index in [9.17, 15) is 0 Å². The summed E-state index contributed by atoms with van der Waals surface area (Å²) in [6.45, 7) is 3.25. The summed E-state index contributed by atoms with van der Waals surface area (Å²) >= 11 is 0. The Morgan fingerprint density at radius 2 is 2.00 bits per heavy atom. The lowest BCUT2D eigenvalue weighted by Gasteiger charge is -2.15. The standard InChI is InChI=1S/C16H19N3O.HI/c1-19-11-9-17-16(19)18-10-12-20-15-8-4-6-13-5-2-3-7-14(13)15;/h2-8H,9-12H2,1H3,(H,17,18);1H. The largest absolute Gasteiger partial charge is 0.491 e. The second-order valence-corrected chi connectivity index (χ2v) is 4.88. The van der Waals surface area contributed by atoms with Gasteiger partial charge >= 0.3 is 0 Å². The number of hydrogen-bond acceptors (Lipinski definition) is 4. The van der Waals surface area contributed by atoms with Gasteiger partial charge in [0.1, 0.15) is 12.4 Å². The third-order valence-corrected chi connectivity index (χ3v) is 3.45. The summed E-state index contributed by atoms with van der Waals surface area (Å²) in [7, 11) is 2.05. The smallest absolute Gasteiger partial charge is 0.193 e. The van der Waals surface area contributed by atoms with E-state index in [0.717, 1.165) is 36.7 Å². The highest BCUT2D eigenvalue weighted by atomic mass is 127. The van der Waals surface area contributed by atoms with Crippen molar-refractivity contribution >= 4 is 40.7 Å². The maximum atomic E-state index is 5.88. The number of guanidine groups is 1. The number of aliphatic imine (C=N–C) groups is 1. The first-order chi connectivity index (χ1) is 9.84. The summed E-state index contributed by atoms with van der Waals surface area (Å²) < 4.78 is 5.88. The van der Waals surface area contributed by atoms with Crippen molar-refractivity contribution in [3.63, 3.8) is 0 Å². The molecule has 0 fully saturated rings. The lowest BCUT2D eigenvalue weighted by atomic mass is 10.1. The molecule has 0 atom stereocenters. The molecule has 0 spiro atoms. The van der Waals surface area contributed by atoms with E-state index in [-0.39, 0.29) is 24.0 Å². The lowest BCUT2D eigenvalue weighted by molar-refractivity contribution is 0.324. The van der Waals surface area contributed by atoms with Gasteiger partial charge in [0.25, 0.3) is 0 Å². The number of halogens is 1. The highest BCUT2D eigenvalue weighted by Crippen LogP contribution is 2.24. The molecule has 0 saturated heterocycles. The second-order valence-electron chi connectivity index (χ2n) is 4.88. The fourth-order valence-corrected chi connectivity index (χ4v) is 2.37. The third-order valence-electron chi connectivity index (χ3n) is 3.45. The lowest BCUT2D eigenvalue weighted by Crippen LogP contribution is -2.37. The summed E-state index contributed by atoms with van der Waals surface area (Å²) in [4.78, 5) is 6.51. The zero-order valence-corrected chi connectivity index (χ0v) is 14.4. The van der Waals surface area contributed by atoms with Crippen molar-refractivity contribution in [3.05, 3.63) is 42.5 Å². The molecule has 3 rings (SSSR count). The van der Waals surface area contributed by atoms with Crippen molar-refractivity contribution in [1.82, 2.24) is 10.2 Å². The zero-order chi connectivity index (χ0) is 13.8. The van der Waals surface area contributed by atoms with Crippen LogP contribution in [-0.4, -0.2) is 44.1 Å². The molecular formula is C16H20IN3O. The third kappa shape index (κ3) is 3.78. The van der Waals surface area contributed by atoms with Crippen LogP contribution >= 0.6 is 24.0 Å². The molecule has 0 aliphatic carbocycles. The summed E-state index contributed by atoms with van der Waals surface area (Å²) in [5.41, 5.74) is 0. The van der Waals surface area contributed by atoms with Gasteiger partial charge in [-0.15, -0.1) is 24.0 Å². The minimum absolute atomic E-state index is 0. The number of ether oxygens (including phenoxy) is 1. The van der Waals surface area contributed by atoms with Crippen molar-refractivity contribution in [1.29, 1.82) is 0 Å². The highest BCUT2D eigenvalue weighted by Gasteiger charge is 2.10. The Kier molecular flexibility index (Phi) is 5.67. The van der Waals surface area contributed by atoms with Crippen LogP contribution in [0.3, 0.4) is 0 Å². The summed E-state index contributed by atoms with van der Waals surface area (Å²) in [5, 5.41) is 5.66. The first-order valence-corrected chi connectivity index (χ1v) is 6.94. The van der Waals surface area contributed by atoms with Crippen molar-refractivity contribution in [3.8, 4) is 5.75 Å². The number of benzene rings is 2. The molecule has 2 aromatic carbocycles. The first kappa shape index (κ1) is 15.9. The number of likely N-dealkylation sites (N-methyl/N-ethyl adjacent to an activating group) is 1. The summed E-state index contributed by atoms with van der Waals surface area (Å²) in [5.74, 6) is 1.90. The number of rotatable bonds is 4. The van der Waals surface area contributed by atoms with Crippen LogP contribution in [0.2, 0.25) is 0 Å². The SMILES string of the molecule is CN1CCN=C1NCCOc1cccc2ccccc12.I. The quantitative estimate of drug-likeness (QED) is 0.637. The van der Waals surface area contributed by atoms with Crippen molar-refractivity contribution in [2.75, 3.05) is 33.3 Å². The van der Waals surface area contributed by atoms with E-state index in [2.05, 4.69) is 33.4 Å². The van der Waals surface area contributed by atoms with Crippen LogP contribution < -0.4 is 10.1 Å². The Bertz CT molecular complexity index is 624. The van der Waals surface area contributed by atoms with E-state index in [1.165, 1.54) is 5.39 Å². The Morgan fingerprint density at radius 1 is 1.19 bits per heavy atom. The molecule has 5 heteroatoms. The van der Waals surface area contributed by atoms with Crippen molar-refractivity contribution in [2.45, 2.75) is 0 Å². The van der Waals surface area contributed by atoms with Gasteiger partial charge in [0.15, 0.2) is 5.96 Å². The molecule has 0 unspecified atom stereocenters. The zero-order valence-electron chi connectivity index (χ0n) is 12.1. The molecule has 21 heavy (non-hydrogen) atoms. The molecule has 1 aliphatic rings. The monoisotopic (exact) mass is 397 g/mol. The van der Waals surface area contributed by atoms with Crippen LogP contribution in [0.4, 0.5) is 0 Å². The number of nitrogens with zero attached hydrogens (tertiary/aromatic N) is 2. The van der Waals surface area contributed by atoms with E-state index in [1.54, 1.807) is 0 Å². The van der Waals surface area contributed by atoms with Crippen LogP contribution in [0.1, 0.15) is 0 Å². The average Bonchev–Trinajstić information content (AvgIpc) is 2.89. The Labute approximate surface area is 142 Å². The van der Waals surface area contributed by atoms with Gasteiger partial charge in [0, 0.05) is 19.0 Å². The van der Waals surface area contributed by atoms with Crippen LogP contribution in [0.5, 0.6) is 5.75 Å². The molecule has 0 bridgehead atoms. The fraction of sp³-hybridized carbons (Fsp3) is 0.312. The minimum atomic E-state index is 0. The van der Waals surface area contributed by atoms with Crippen LogP contribution in [-0.2, 0) is 0 Å². The highest BCUT2D eigenvalue weighted by molar-refractivity contribution is 14.0. The number of nitrogens with one attached hydrogen (secondary N) is 1. The van der Waals surface area contributed by atoms with Gasteiger partial charge in [-0.05, 0) is 11.5 Å². The topological polar surface area (TPSA) is 36.9 Å². The van der Waals surface area contributed by atoms with E-state index in [4.69, 9.17) is 4.74 Å². The first-order valence-electron chi connectivity index (χ1n) is 6.94. The molecule has 112 valence electrons. The second kappa shape index (κ2) is 7.49. The molecule has 0 saturated carbocycles. The van der Waals surface area contributed by atoms with Gasteiger partial charge < -0.3 is 15.0 Å². The summed E-state index contributed by atoms with van der Waals surface area (Å²) in [6.07, 6.45) is 0. The molecule has 1 heterocycles. The van der Waals surface area contributed by atoms with Crippen LogP contribution in [0, 0.1) is 0 Å². The van der Waals surface area contributed by atoms with Crippen LogP contribution in [0.15, 0.2) is 47.5 Å². The van der Waals surface area contributed by atoms with Crippen molar-refractivity contribution in [2.24, 2.45) is 4.99 Å². The van der Waals surface area contributed by atoms with Gasteiger partial charge in [0.2, 0.25) is 0 Å². The van der Waals surface area contributed by atoms with Gasteiger partial charge in [-0.3, -0.25) is 4.99 Å². The van der Waals surface area contributed by atoms with Crippen molar-refractivity contribution < 1.29 is 4.74 Å². The predicted molar refractivity (Wildman–Crippen MR) is 97.8 cm³/mol. The molecule has 0 amide bonds. The van der Waals surface area contributed by atoms with Crippen LogP contribution in [0.25, 0.3) is 10.8 Å². The summed E-state index contributed by atoms with van der Waals surface area (Å²) in [6, 6.07) is 14.4. The number of fused-ring (bicyclic) bond motifs is 1. The van der Waals surface area contributed by atoms with E-state index >= 15 is 0 Å². The molecule has 2 aromatic rings. The van der Waals surface area contributed by atoms with E-state index < -0.39 is 0 Å². The van der Waals surface area contributed by atoms with Gasteiger partial charge in [-0.2, -0.15) is 0 Å². The van der Waals surface area contributed by atoms with E-state index in [0.29, 0.717) is 6.61 Å². The predicted octanol–water partition coefficient (Wildman–Crippen LogP) is 2.73.